The van der Waals surface area contributed by atoms with Crippen molar-refractivity contribution in [2.75, 3.05) is 0 Å². The van der Waals surface area contributed by atoms with Gasteiger partial charge in [0.15, 0.2) is 0 Å². The van der Waals surface area contributed by atoms with Gasteiger partial charge < -0.3 is 4.90 Å². The lowest BCUT2D eigenvalue weighted by Gasteiger charge is -2.23. The molecule has 2 rings (SSSR count). The number of hydrogen-bond acceptors (Lipinski definition) is 1. The highest BCUT2D eigenvalue weighted by Crippen LogP contribution is 2.29. The Morgan fingerprint density at radius 1 is 1.59 bits per heavy atom. The van der Waals surface area contributed by atoms with E-state index in [2.05, 4.69) is 0 Å². The number of rotatable bonds is 4. The predicted molar refractivity (Wildman–Crippen MR) is 65.3 cm³/mol. The predicted octanol–water partition coefficient (Wildman–Crippen LogP) is 2.94. The van der Waals surface area contributed by atoms with Crippen LogP contribution in [-0.2, 0) is 11.3 Å². The lowest BCUT2D eigenvalue weighted by atomic mass is 10.2. The van der Waals surface area contributed by atoms with Gasteiger partial charge >= 0.3 is 0 Å². The van der Waals surface area contributed by atoms with Crippen molar-refractivity contribution < 1.29 is 9.18 Å². The van der Waals surface area contributed by atoms with Crippen LogP contribution in [0.2, 0.25) is 0 Å². The van der Waals surface area contributed by atoms with Crippen LogP contribution in [0.5, 0.6) is 0 Å². The molecule has 2 nitrogen and oxygen atoms in total. The van der Waals surface area contributed by atoms with E-state index in [1.165, 1.54) is 12.1 Å². The molecule has 0 spiro atoms. The Kier molecular flexibility index (Phi) is 3.67. The maximum atomic E-state index is 13.1. The minimum atomic E-state index is -0.524. The van der Waals surface area contributed by atoms with Crippen LogP contribution >= 0.6 is 11.6 Å². The monoisotopic (exact) mass is 255 g/mol. The molecule has 1 saturated carbocycles. The maximum Gasteiger partial charge on any atom is 0.240 e. The van der Waals surface area contributed by atoms with Crippen molar-refractivity contribution in [2.24, 2.45) is 0 Å². The van der Waals surface area contributed by atoms with Crippen molar-refractivity contribution in [3.8, 4) is 0 Å². The second kappa shape index (κ2) is 5.05. The van der Waals surface area contributed by atoms with Gasteiger partial charge in [0.25, 0.3) is 0 Å². The first kappa shape index (κ1) is 12.4. The highest BCUT2D eigenvalue weighted by molar-refractivity contribution is 6.30. The summed E-state index contributed by atoms with van der Waals surface area (Å²) < 4.78 is 13.1. The number of hydrogen-bond donors (Lipinski definition) is 0. The van der Waals surface area contributed by atoms with Crippen molar-refractivity contribution in [3.63, 3.8) is 0 Å². The minimum absolute atomic E-state index is 0.0709. The van der Waals surface area contributed by atoms with Gasteiger partial charge in [0, 0.05) is 12.6 Å². The van der Waals surface area contributed by atoms with Crippen LogP contribution in [-0.4, -0.2) is 22.2 Å². The Labute approximate surface area is 105 Å². The number of benzene rings is 1. The van der Waals surface area contributed by atoms with Gasteiger partial charge in [-0.15, -0.1) is 11.6 Å². The highest BCUT2D eigenvalue weighted by Gasteiger charge is 2.33. The molecule has 0 radical (unpaired) electrons. The molecule has 0 N–H and O–H groups in total. The van der Waals surface area contributed by atoms with Gasteiger partial charge in [-0.25, -0.2) is 4.39 Å². The molecule has 1 atom stereocenters. The Morgan fingerprint density at radius 3 is 2.82 bits per heavy atom. The fourth-order valence-corrected chi connectivity index (χ4v) is 1.96. The summed E-state index contributed by atoms with van der Waals surface area (Å²) in [5, 5.41) is -0.524. The summed E-state index contributed by atoms with van der Waals surface area (Å²) in [5.41, 5.74) is 0.808. The molecule has 17 heavy (non-hydrogen) atoms. The van der Waals surface area contributed by atoms with Crippen LogP contribution in [0.3, 0.4) is 0 Å². The van der Waals surface area contributed by atoms with Gasteiger partial charge in [0.1, 0.15) is 11.2 Å². The quantitative estimate of drug-likeness (QED) is 0.758. The molecule has 92 valence electrons. The molecule has 0 aromatic heterocycles. The average Bonchev–Trinajstić information content (AvgIpc) is 3.09. The van der Waals surface area contributed by atoms with E-state index in [0.717, 1.165) is 18.4 Å². The summed E-state index contributed by atoms with van der Waals surface area (Å²) in [6, 6.07) is 6.63. The van der Waals surface area contributed by atoms with E-state index in [1.54, 1.807) is 17.9 Å². The first-order chi connectivity index (χ1) is 8.08. The smallest absolute Gasteiger partial charge is 0.240 e. The largest absolute Gasteiger partial charge is 0.334 e. The fourth-order valence-electron chi connectivity index (χ4n) is 1.83. The van der Waals surface area contributed by atoms with E-state index in [-0.39, 0.29) is 17.8 Å². The van der Waals surface area contributed by atoms with Crippen LogP contribution in [0.15, 0.2) is 24.3 Å². The van der Waals surface area contributed by atoms with E-state index in [0.29, 0.717) is 6.54 Å². The molecule has 4 heteroatoms. The Hall–Kier alpha value is -1.09. The van der Waals surface area contributed by atoms with Gasteiger partial charge in [-0.2, -0.15) is 0 Å². The van der Waals surface area contributed by atoms with E-state index < -0.39 is 5.38 Å². The van der Waals surface area contributed by atoms with E-state index >= 15 is 0 Å². The SMILES string of the molecule is CC(Cl)C(=O)N(Cc1cccc(F)c1)C1CC1. The molecule has 0 bridgehead atoms. The highest BCUT2D eigenvalue weighted by atomic mass is 35.5. The summed E-state index contributed by atoms with van der Waals surface area (Å²) in [7, 11) is 0. The third kappa shape index (κ3) is 3.19. The van der Waals surface area contributed by atoms with E-state index in [9.17, 15) is 9.18 Å². The number of alkyl halides is 1. The van der Waals surface area contributed by atoms with Gasteiger partial charge in [-0.3, -0.25) is 4.79 Å². The van der Waals surface area contributed by atoms with Crippen LogP contribution in [0.1, 0.15) is 25.3 Å². The second-order valence-corrected chi connectivity index (χ2v) is 5.10. The number of carbonyl (C=O) groups excluding carboxylic acids is 1. The molecule has 1 fully saturated rings. The topological polar surface area (TPSA) is 20.3 Å². The third-order valence-corrected chi connectivity index (χ3v) is 3.04. The second-order valence-electron chi connectivity index (χ2n) is 4.44. The molecule has 1 aromatic carbocycles. The molecule has 1 aliphatic carbocycles. The molecule has 0 heterocycles. The Morgan fingerprint density at radius 2 is 2.29 bits per heavy atom. The van der Waals surface area contributed by atoms with E-state index in [4.69, 9.17) is 11.6 Å². The molecular formula is C13H15ClFNO. The van der Waals surface area contributed by atoms with Crippen LogP contribution in [0.25, 0.3) is 0 Å². The lowest BCUT2D eigenvalue weighted by Crippen LogP contribution is -2.37. The zero-order valence-corrected chi connectivity index (χ0v) is 10.5. The van der Waals surface area contributed by atoms with Crippen molar-refractivity contribution >= 4 is 17.5 Å². The van der Waals surface area contributed by atoms with Gasteiger partial charge in [0.2, 0.25) is 5.91 Å². The maximum absolute atomic E-state index is 13.1. The summed E-state index contributed by atoms with van der Waals surface area (Å²) in [5.74, 6) is -0.344. The summed E-state index contributed by atoms with van der Waals surface area (Å²) in [6.45, 7) is 2.11. The number of carbonyl (C=O) groups is 1. The number of amides is 1. The molecular weight excluding hydrogens is 241 g/mol. The van der Waals surface area contributed by atoms with Crippen LogP contribution in [0, 0.1) is 5.82 Å². The number of halogens is 2. The third-order valence-electron chi connectivity index (χ3n) is 2.85. The van der Waals surface area contributed by atoms with Gasteiger partial charge in [-0.05, 0) is 37.5 Å². The van der Waals surface area contributed by atoms with Crippen molar-refractivity contribution in [2.45, 2.75) is 37.7 Å². The lowest BCUT2D eigenvalue weighted by molar-refractivity contribution is -0.131. The minimum Gasteiger partial charge on any atom is -0.334 e. The van der Waals surface area contributed by atoms with Crippen molar-refractivity contribution in [1.82, 2.24) is 4.90 Å². The molecule has 1 aromatic rings. The normalized spacial score (nSPS) is 16.6. The van der Waals surface area contributed by atoms with Gasteiger partial charge in [0.05, 0.1) is 0 Å². The van der Waals surface area contributed by atoms with Crippen molar-refractivity contribution in [3.05, 3.63) is 35.6 Å². The molecule has 0 aliphatic heterocycles. The molecule has 1 unspecified atom stereocenters. The average molecular weight is 256 g/mol. The van der Waals surface area contributed by atoms with E-state index in [1.807, 2.05) is 6.07 Å². The summed E-state index contributed by atoms with van der Waals surface area (Å²) in [6.07, 6.45) is 2.04. The molecule has 1 amide bonds. The molecule has 1 aliphatic rings. The summed E-state index contributed by atoms with van der Waals surface area (Å²) >= 11 is 5.83. The zero-order valence-electron chi connectivity index (χ0n) is 9.70. The molecule has 0 saturated heterocycles. The first-order valence-electron chi connectivity index (χ1n) is 5.77. The fraction of sp³-hybridized carbons (Fsp3) is 0.462. The first-order valence-corrected chi connectivity index (χ1v) is 6.20. The Bertz CT molecular complexity index is 418. The Balaban J connectivity index is 2.10. The standard InChI is InChI=1S/C13H15ClFNO/c1-9(14)13(17)16(12-5-6-12)8-10-3-2-4-11(15)7-10/h2-4,7,9,12H,5-6,8H2,1H3. The van der Waals surface area contributed by atoms with Crippen LogP contribution in [0.4, 0.5) is 4.39 Å². The zero-order chi connectivity index (χ0) is 12.4. The van der Waals surface area contributed by atoms with Crippen molar-refractivity contribution in [1.29, 1.82) is 0 Å². The summed E-state index contributed by atoms with van der Waals surface area (Å²) in [4.78, 5) is 13.7. The van der Waals surface area contributed by atoms with Crippen LogP contribution < -0.4 is 0 Å². The number of nitrogens with zero attached hydrogens (tertiary/aromatic N) is 1. The van der Waals surface area contributed by atoms with Gasteiger partial charge in [-0.1, -0.05) is 12.1 Å².